The SMILES string of the molecule is O=C1NN(c2ccccc2)C(=O)/C1=C\c1cc(Cl)ccc1OCc1c(Cl)cccc1Cl. The number of rotatable bonds is 5. The van der Waals surface area contributed by atoms with Crippen LogP contribution in [0.1, 0.15) is 11.1 Å². The van der Waals surface area contributed by atoms with Crippen LogP contribution in [0.4, 0.5) is 5.69 Å². The topological polar surface area (TPSA) is 58.6 Å². The van der Waals surface area contributed by atoms with E-state index in [1.807, 2.05) is 6.07 Å². The molecule has 3 aromatic rings. The van der Waals surface area contributed by atoms with Gasteiger partial charge in [0.05, 0.1) is 5.69 Å². The summed E-state index contributed by atoms with van der Waals surface area (Å²) < 4.78 is 5.90. The molecule has 0 radical (unpaired) electrons. The minimum absolute atomic E-state index is 0.0354. The highest BCUT2D eigenvalue weighted by Gasteiger charge is 2.34. The first-order valence-electron chi connectivity index (χ1n) is 9.21. The largest absolute Gasteiger partial charge is 0.488 e. The van der Waals surface area contributed by atoms with Crippen LogP contribution in [0, 0.1) is 0 Å². The number of amides is 2. The van der Waals surface area contributed by atoms with Crippen LogP contribution in [0.2, 0.25) is 15.1 Å². The molecule has 8 heteroatoms. The summed E-state index contributed by atoms with van der Waals surface area (Å²) in [6.45, 7) is 0.104. The second kappa shape index (κ2) is 9.02. The van der Waals surface area contributed by atoms with Crippen molar-refractivity contribution in [2.24, 2.45) is 0 Å². The first-order valence-corrected chi connectivity index (χ1v) is 10.3. The van der Waals surface area contributed by atoms with E-state index >= 15 is 0 Å². The summed E-state index contributed by atoms with van der Waals surface area (Å²) in [7, 11) is 0. The predicted octanol–water partition coefficient (Wildman–Crippen LogP) is 5.69. The standard InChI is InChI=1S/C23H15Cl3N2O3/c24-15-9-10-21(31-13-18-19(25)7-4-8-20(18)26)14(11-15)12-17-22(29)27-28(23(17)30)16-5-2-1-3-6-16/h1-12H,13H2,(H,27,29)/b17-12-. The minimum atomic E-state index is -0.520. The van der Waals surface area contributed by atoms with Crippen molar-refractivity contribution in [1.82, 2.24) is 5.43 Å². The zero-order chi connectivity index (χ0) is 22.0. The van der Waals surface area contributed by atoms with Crippen molar-refractivity contribution < 1.29 is 14.3 Å². The second-order valence-corrected chi connectivity index (χ2v) is 7.90. The molecule has 31 heavy (non-hydrogen) atoms. The predicted molar refractivity (Wildman–Crippen MR) is 122 cm³/mol. The van der Waals surface area contributed by atoms with E-state index in [1.54, 1.807) is 60.7 Å². The number of carbonyl (C=O) groups is 2. The molecule has 0 spiro atoms. The van der Waals surface area contributed by atoms with Crippen molar-refractivity contribution >= 4 is 58.4 Å². The number of hydrogen-bond donors (Lipinski definition) is 1. The molecule has 1 heterocycles. The van der Waals surface area contributed by atoms with Crippen LogP contribution in [0.25, 0.3) is 6.08 Å². The molecule has 1 saturated heterocycles. The summed E-state index contributed by atoms with van der Waals surface area (Å²) in [5.41, 5.74) is 4.19. The Bertz CT molecular complexity index is 1180. The summed E-state index contributed by atoms with van der Waals surface area (Å²) >= 11 is 18.6. The Balaban J connectivity index is 1.64. The molecule has 0 bridgehead atoms. The molecule has 2 amide bonds. The van der Waals surface area contributed by atoms with Gasteiger partial charge in [0, 0.05) is 26.2 Å². The number of benzene rings is 3. The van der Waals surface area contributed by atoms with Crippen molar-refractivity contribution in [2.45, 2.75) is 6.61 Å². The monoisotopic (exact) mass is 472 g/mol. The van der Waals surface area contributed by atoms with E-state index < -0.39 is 11.8 Å². The number of anilines is 1. The highest BCUT2D eigenvalue weighted by molar-refractivity contribution is 6.36. The Morgan fingerprint density at radius 1 is 0.903 bits per heavy atom. The van der Waals surface area contributed by atoms with Crippen LogP contribution in [0.15, 0.2) is 72.3 Å². The first kappa shape index (κ1) is 21.2. The van der Waals surface area contributed by atoms with E-state index in [1.165, 1.54) is 11.1 Å². The molecule has 0 atom stereocenters. The Kier molecular flexibility index (Phi) is 6.18. The van der Waals surface area contributed by atoms with Crippen molar-refractivity contribution in [2.75, 3.05) is 5.01 Å². The smallest absolute Gasteiger partial charge is 0.282 e. The zero-order valence-corrected chi connectivity index (χ0v) is 18.2. The average Bonchev–Trinajstić information content (AvgIpc) is 3.03. The Labute approximate surface area is 193 Å². The number of carbonyl (C=O) groups excluding carboxylic acids is 2. The number of nitrogens with one attached hydrogen (secondary N) is 1. The number of nitrogens with zero attached hydrogens (tertiary/aromatic N) is 1. The number of hydrogen-bond acceptors (Lipinski definition) is 3. The van der Waals surface area contributed by atoms with E-state index in [2.05, 4.69) is 5.43 Å². The van der Waals surface area contributed by atoms with Gasteiger partial charge in [0.2, 0.25) is 0 Å². The molecule has 4 rings (SSSR count). The first-order chi connectivity index (χ1) is 14.9. The van der Waals surface area contributed by atoms with Gasteiger partial charge in [0.15, 0.2) is 0 Å². The third-order valence-electron chi connectivity index (χ3n) is 4.61. The number of halogens is 3. The lowest BCUT2D eigenvalue weighted by Crippen LogP contribution is -2.35. The van der Waals surface area contributed by atoms with Crippen LogP contribution in [-0.4, -0.2) is 11.8 Å². The van der Waals surface area contributed by atoms with E-state index in [0.717, 1.165) is 0 Å². The molecule has 156 valence electrons. The Hall–Kier alpha value is -2.99. The summed E-state index contributed by atoms with van der Waals surface area (Å²) in [5, 5.41) is 2.58. The maximum absolute atomic E-state index is 12.9. The van der Waals surface area contributed by atoms with Gasteiger partial charge in [-0.05, 0) is 48.5 Å². The molecule has 0 aliphatic carbocycles. The van der Waals surface area contributed by atoms with Crippen LogP contribution >= 0.6 is 34.8 Å². The third kappa shape index (κ3) is 4.54. The number of para-hydroxylation sites is 1. The molecule has 0 saturated carbocycles. The normalized spacial score (nSPS) is 14.8. The number of hydrazine groups is 1. The molecule has 1 aliphatic heterocycles. The minimum Gasteiger partial charge on any atom is -0.488 e. The van der Waals surface area contributed by atoms with Crippen molar-refractivity contribution in [3.8, 4) is 5.75 Å². The molecular formula is C23H15Cl3N2O3. The van der Waals surface area contributed by atoms with Gasteiger partial charge in [-0.1, -0.05) is 59.1 Å². The maximum Gasteiger partial charge on any atom is 0.282 e. The zero-order valence-electron chi connectivity index (χ0n) is 15.9. The van der Waals surface area contributed by atoms with Gasteiger partial charge < -0.3 is 4.74 Å². The summed E-state index contributed by atoms with van der Waals surface area (Å²) in [6.07, 6.45) is 1.45. The Morgan fingerprint density at radius 2 is 1.61 bits per heavy atom. The summed E-state index contributed by atoms with van der Waals surface area (Å²) in [5.74, 6) is -0.572. The van der Waals surface area contributed by atoms with E-state index in [9.17, 15) is 9.59 Å². The fourth-order valence-electron chi connectivity index (χ4n) is 3.06. The lowest BCUT2D eigenvalue weighted by Gasteiger charge is -2.14. The quantitative estimate of drug-likeness (QED) is 0.383. The van der Waals surface area contributed by atoms with Gasteiger partial charge in [-0.15, -0.1) is 0 Å². The molecule has 3 aromatic carbocycles. The summed E-state index contributed by atoms with van der Waals surface area (Å²) in [6, 6.07) is 18.9. The van der Waals surface area contributed by atoms with Gasteiger partial charge >= 0.3 is 0 Å². The van der Waals surface area contributed by atoms with Crippen molar-refractivity contribution in [1.29, 1.82) is 0 Å². The van der Waals surface area contributed by atoms with Crippen LogP contribution < -0.4 is 15.2 Å². The van der Waals surface area contributed by atoms with Crippen LogP contribution in [0.5, 0.6) is 5.75 Å². The van der Waals surface area contributed by atoms with Gasteiger partial charge in [-0.2, -0.15) is 0 Å². The Morgan fingerprint density at radius 3 is 2.32 bits per heavy atom. The highest BCUT2D eigenvalue weighted by atomic mass is 35.5. The number of ether oxygens (including phenoxy) is 1. The van der Waals surface area contributed by atoms with Gasteiger partial charge in [-0.25, -0.2) is 5.01 Å². The fraction of sp³-hybridized carbons (Fsp3) is 0.0435. The summed E-state index contributed by atoms with van der Waals surface area (Å²) in [4.78, 5) is 25.3. The molecule has 1 N–H and O–H groups in total. The maximum atomic E-state index is 12.9. The lowest BCUT2D eigenvalue weighted by atomic mass is 10.1. The molecule has 1 fully saturated rings. The highest BCUT2D eigenvalue weighted by Crippen LogP contribution is 2.30. The molecule has 1 aliphatic rings. The van der Waals surface area contributed by atoms with E-state index in [4.69, 9.17) is 39.5 Å². The van der Waals surface area contributed by atoms with E-state index in [-0.39, 0.29) is 12.2 Å². The molecule has 0 aromatic heterocycles. The van der Waals surface area contributed by atoms with Gasteiger partial charge in [0.25, 0.3) is 11.8 Å². The van der Waals surface area contributed by atoms with Crippen molar-refractivity contribution in [3.05, 3.63) is 98.5 Å². The third-order valence-corrected chi connectivity index (χ3v) is 5.55. The van der Waals surface area contributed by atoms with Crippen LogP contribution in [-0.2, 0) is 16.2 Å². The fourth-order valence-corrected chi connectivity index (χ4v) is 3.74. The van der Waals surface area contributed by atoms with Crippen molar-refractivity contribution in [3.63, 3.8) is 0 Å². The second-order valence-electron chi connectivity index (χ2n) is 6.65. The van der Waals surface area contributed by atoms with Gasteiger partial charge in [0.1, 0.15) is 17.9 Å². The van der Waals surface area contributed by atoms with Crippen LogP contribution in [0.3, 0.4) is 0 Å². The van der Waals surface area contributed by atoms with Gasteiger partial charge in [-0.3, -0.25) is 15.0 Å². The van der Waals surface area contributed by atoms with E-state index in [0.29, 0.717) is 37.6 Å². The lowest BCUT2D eigenvalue weighted by molar-refractivity contribution is -0.117. The molecule has 0 unspecified atom stereocenters. The molecular weight excluding hydrogens is 459 g/mol. The average molecular weight is 474 g/mol. The molecule has 5 nitrogen and oxygen atoms in total.